The highest BCUT2D eigenvalue weighted by atomic mass is 32.2. The van der Waals surface area contributed by atoms with E-state index in [4.69, 9.17) is 0 Å². The number of nitrogens with one attached hydrogen (secondary N) is 3. The molecule has 3 N–H and O–H groups in total. The molecule has 2 saturated heterocycles. The molecule has 0 amide bonds. The molecule has 0 aliphatic carbocycles. The van der Waals surface area contributed by atoms with Crippen LogP contribution in [0.15, 0.2) is 20.7 Å². The molecule has 3 heterocycles. The van der Waals surface area contributed by atoms with E-state index in [2.05, 4.69) is 10.3 Å². The Balaban J connectivity index is 1.96. The largest absolute Gasteiger partial charge is 0.325 e. The van der Waals surface area contributed by atoms with Crippen LogP contribution in [0.2, 0.25) is 0 Å². The van der Waals surface area contributed by atoms with Crippen LogP contribution in [0.1, 0.15) is 25.7 Å². The van der Waals surface area contributed by atoms with Gasteiger partial charge in [0.2, 0.25) is 10.0 Å². The van der Waals surface area contributed by atoms with Gasteiger partial charge in [-0.2, -0.15) is 4.31 Å². The molecule has 0 saturated carbocycles. The van der Waals surface area contributed by atoms with Crippen molar-refractivity contribution in [3.05, 3.63) is 27.0 Å². The van der Waals surface area contributed by atoms with E-state index in [9.17, 15) is 18.0 Å². The maximum absolute atomic E-state index is 12.7. The van der Waals surface area contributed by atoms with Crippen molar-refractivity contribution in [2.75, 3.05) is 13.1 Å². The SMILES string of the molecule is O=c1[nH]cc(S(=O)(=O)N2CCCC2C2CCCN2)c(=O)[nH]1. The van der Waals surface area contributed by atoms with E-state index in [1.807, 2.05) is 4.98 Å². The lowest BCUT2D eigenvalue weighted by molar-refractivity contribution is 0.321. The molecule has 2 aliphatic heterocycles. The van der Waals surface area contributed by atoms with E-state index >= 15 is 0 Å². The first kappa shape index (κ1) is 14.5. The van der Waals surface area contributed by atoms with Crippen LogP contribution < -0.4 is 16.6 Å². The van der Waals surface area contributed by atoms with E-state index in [1.165, 1.54) is 4.31 Å². The summed E-state index contributed by atoms with van der Waals surface area (Å²) < 4.78 is 26.8. The van der Waals surface area contributed by atoms with Crippen molar-refractivity contribution >= 4 is 10.0 Å². The Morgan fingerprint density at radius 1 is 1.19 bits per heavy atom. The van der Waals surface area contributed by atoms with Crippen molar-refractivity contribution in [1.29, 1.82) is 0 Å². The molecular weight excluding hydrogens is 296 g/mol. The minimum atomic E-state index is -3.89. The Kier molecular flexibility index (Phi) is 3.72. The van der Waals surface area contributed by atoms with Crippen LogP contribution in [0, 0.1) is 0 Å². The van der Waals surface area contributed by atoms with Crippen molar-refractivity contribution in [2.45, 2.75) is 42.7 Å². The van der Waals surface area contributed by atoms with Gasteiger partial charge in [0.05, 0.1) is 0 Å². The number of hydrogen-bond donors (Lipinski definition) is 3. The highest BCUT2D eigenvalue weighted by molar-refractivity contribution is 7.89. The molecule has 0 bridgehead atoms. The fourth-order valence-electron chi connectivity index (χ4n) is 3.22. The summed E-state index contributed by atoms with van der Waals surface area (Å²) in [5, 5.41) is 3.33. The summed E-state index contributed by atoms with van der Waals surface area (Å²) in [5.74, 6) is 0. The van der Waals surface area contributed by atoms with Crippen molar-refractivity contribution in [2.24, 2.45) is 0 Å². The predicted molar refractivity (Wildman–Crippen MR) is 75.6 cm³/mol. The van der Waals surface area contributed by atoms with E-state index in [1.54, 1.807) is 0 Å². The molecule has 0 radical (unpaired) electrons. The van der Waals surface area contributed by atoms with Crippen molar-refractivity contribution in [3.8, 4) is 0 Å². The van der Waals surface area contributed by atoms with E-state index in [-0.39, 0.29) is 12.1 Å². The fourth-order valence-corrected chi connectivity index (χ4v) is 4.95. The Labute approximate surface area is 121 Å². The smallest absolute Gasteiger partial charge is 0.313 e. The molecule has 8 nitrogen and oxygen atoms in total. The highest BCUT2D eigenvalue weighted by Crippen LogP contribution is 2.29. The molecule has 3 rings (SSSR count). The maximum Gasteiger partial charge on any atom is 0.325 e. The number of aromatic amines is 2. The van der Waals surface area contributed by atoms with Gasteiger partial charge < -0.3 is 10.3 Å². The van der Waals surface area contributed by atoms with Crippen LogP contribution in [0.25, 0.3) is 0 Å². The molecule has 0 spiro atoms. The second-order valence-electron chi connectivity index (χ2n) is 5.46. The fraction of sp³-hybridized carbons (Fsp3) is 0.667. The monoisotopic (exact) mass is 314 g/mol. The van der Waals surface area contributed by atoms with Gasteiger partial charge in [-0.05, 0) is 32.2 Å². The van der Waals surface area contributed by atoms with Crippen LogP contribution in [-0.2, 0) is 10.0 Å². The molecule has 2 fully saturated rings. The third kappa shape index (κ3) is 2.56. The zero-order valence-electron chi connectivity index (χ0n) is 11.5. The van der Waals surface area contributed by atoms with Gasteiger partial charge in [-0.25, -0.2) is 13.2 Å². The van der Waals surface area contributed by atoms with Crippen molar-refractivity contribution in [1.82, 2.24) is 19.6 Å². The summed E-state index contributed by atoms with van der Waals surface area (Å²) in [7, 11) is -3.89. The zero-order valence-corrected chi connectivity index (χ0v) is 12.3. The number of aromatic nitrogens is 2. The Bertz CT molecular complexity index is 732. The average Bonchev–Trinajstić information content (AvgIpc) is 3.09. The van der Waals surface area contributed by atoms with Gasteiger partial charge in [0.15, 0.2) is 4.90 Å². The molecule has 1 aromatic rings. The first-order chi connectivity index (χ1) is 10.00. The molecule has 2 unspecified atom stereocenters. The second-order valence-corrected chi connectivity index (χ2v) is 7.32. The van der Waals surface area contributed by atoms with Gasteiger partial charge in [0.1, 0.15) is 0 Å². The van der Waals surface area contributed by atoms with Gasteiger partial charge in [-0.15, -0.1) is 0 Å². The lowest BCUT2D eigenvalue weighted by Crippen LogP contribution is -2.47. The number of H-pyrrole nitrogens is 2. The van der Waals surface area contributed by atoms with E-state index < -0.39 is 26.2 Å². The highest BCUT2D eigenvalue weighted by Gasteiger charge is 2.41. The average molecular weight is 314 g/mol. The Morgan fingerprint density at radius 2 is 2.00 bits per heavy atom. The lowest BCUT2D eigenvalue weighted by atomic mass is 10.1. The van der Waals surface area contributed by atoms with Crippen molar-refractivity contribution in [3.63, 3.8) is 0 Å². The number of rotatable bonds is 3. The third-order valence-electron chi connectivity index (χ3n) is 4.18. The summed E-state index contributed by atoms with van der Waals surface area (Å²) in [6.45, 7) is 1.30. The van der Waals surface area contributed by atoms with Crippen molar-refractivity contribution < 1.29 is 8.42 Å². The van der Waals surface area contributed by atoms with Gasteiger partial charge in [-0.1, -0.05) is 0 Å². The summed E-state index contributed by atoms with van der Waals surface area (Å²) in [5.41, 5.74) is -1.59. The molecule has 1 aromatic heterocycles. The summed E-state index contributed by atoms with van der Waals surface area (Å²) in [6.07, 6.45) is 4.53. The van der Waals surface area contributed by atoms with Gasteiger partial charge in [-0.3, -0.25) is 9.78 Å². The lowest BCUT2D eigenvalue weighted by Gasteiger charge is -2.28. The number of hydrogen-bond acceptors (Lipinski definition) is 5. The Morgan fingerprint density at radius 3 is 2.67 bits per heavy atom. The second kappa shape index (κ2) is 5.39. The summed E-state index contributed by atoms with van der Waals surface area (Å²) >= 11 is 0. The molecular formula is C12H18N4O4S. The van der Waals surface area contributed by atoms with Crippen LogP contribution in [-0.4, -0.2) is 47.9 Å². The topological polar surface area (TPSA) is 115 Å². The number of nitrogens with zero attached hydrogens (tertiary/aromatic N) is 1. The first-order valence-corrected chi connectivity index (χ1v) is 8.51. The normalized spacial score (nSPS) is 27.2. The molecule has 116 valence electrons. The molecule has 21 heavy (non-hydrogen) atoms. The standard InChI is InChI=1S/C12H18N4O4S/c17-11-10(7-14-12(18)15-11)21(19,20)16-6-2-4-9(16)8-3-1-5-13-8/h7-9,13H,1-6H2,(H2,14,15,17,18). The summed E-state index contributed by atoms with van der Waals surface area (Å²) in [4.78, 5) is 26.6. The predicted octanol–water partition coefficient (Wildman–Crippen LogP) is -1.03. The minimum Gasteiger partial charge on any atom is -0.313 e. The maximum atomic E-state index is 12.7. The quantitative estimate of drug-likeness (QED) is 0.660. The van der Waals surface area contributed by atoms with Crippen LogP contribution in [0.3, 0.4) is 0 Å². The Hall–Kier alpha value is -1.45. The minimum absolute atomic E-state index is 0.121. The molecule has 2 aliphatic rings. The van der Waals surface area contributed by atoms with Crippen LogP contribution >= 0.6 is 0 Å². The van der Waals surface area contributed by atoms with Gasteiger partial charge in [0, 0.05) is 24.8 Å². The molecule has 9 heteroatoms. The third-order valence-corrected chi connectivity index (χ3v) is 6.11. The van der Waals surface area contributed by atoms with Gasteiger partial charge in [0.25, 0.3) is 5.56 Å². The summed E-state index contributed by atoms with van der Waals surface area (Å²) in [6, 6.07) is 0.0212. The first-order valence-electron chi connectivity index (χ1n) is 7.07. The zero-order chi connectivity index (χ0) is 15.0. The van der Waals surface area contributed by atoms with E-state index in [0.717, 1.165) is 38.4 Å². The molecule has 2 atom stereocenters. The molecule has 0 aromatic carbocycles. The number of sulfonamides is 1. The van der Waals surface area contributed by atoms with Crippen LogP contribution in [0.5, 0.6) is 0 Å². The van der Waals surface area contributed by atoms with E-state index in [0.29, 0.717) is 6.54 Å². The van der Waals surface area contributed by atoms with Crippen LogP contribution in [0.4, 0.5) is 0 Å². The van der Waals surface area contributed by atoms with Gasteiger partial charge >= 0.3 is 5.69 Å².